The van der Waals surface area contributed by atoms with E-state index in [2.05, 4.69) is 5.32 Å². The summed E-state index contributed by atoms with van der Waals surface area (Å²) in [5, 5.41) is 17.3. The molecule has 1 atom stereocenters. The van der Waals surface area contributed by atoms with Crippen LogP contribution >= 0.6 is 0 Å². The SMILES string of the molecule is C[C@@H](c1ccccc1)N1C(=N)C(=N)NC1=O. The van der Waals surface area contributed by atoms with Gasteiger partial charge in [-0.3, -0.25) is 21.0 Å². The topological polar surface area (TPSA) is 80.0 Å². The van der Waals surface area contributed by atoms with E-state index in [1.54, 1.807) is 0 Å². The third kappa shape index (κ3) is 1.56. The monoisotopic (exact) mass is 216 g/mol. The van der Waals surface area contributed by atoms with Crippen molar-refractivity contribution in [3.05, 3.63) is 35.9 Å². The first-order valence-corrected chi connectivity index (χ1v) is 4.94. The molecule has 0 aromatic heterocycles. The molecule has 1 aliphatic heterocycles. The normalized spacial score (nSPS) is 17.6. The average molecular weight is 216 g/mol. The Bertz CT molecular complexity index is 454. The fourth-order valence-corrected chi connectivity index (χ4v) is 1.70. The molecular formula is C11H12N4O. The summed E-state index contributed by atoms with van der Waals surface area (Å²) in [6.07, 6.45) is 0. The van der Waals surface area contributed by atoms with Crippen molar-refractivity contribution in [2.45, 2.75) is 13.0 Å². The highest BCUT2D eigenvalue weighted by atomic mass is 16.2. The molecular weight excluding hydrogens is 204 g/mol. The lowest BCUT2D eigenvalue weighted by molar-refractivity contribution is 0.220. The minimum absolute atomic E-state index is 0.0821. The molecule has 0 radical (unpaired) electrons. The van der Waals surface area contributed by atoms with Crippen molar-refractivity contribution in [1.82, 2.24) is 10.2 Å². The number of rotatable bonds is 2. The molecule has 0 saturated carbocycles. The molecule has 0 aliphatic carbocycles. The number of carbonyl (C=O) groups excluding carboxylic acids is 1. The number of amidine groups is 2. The smallest absolute Gasteiger partial charge is 0.289 e. The number of benzene rings is 1. The Hall–Kier alpha value is -2.17. The van der Waals surface area contributed by atoms with E-state index >= 15 is 0 Å². The summed E-state index contributed by atoms with van der Waals surface area (Å²) in [5.41, 5.74) is 0.942. The van der Waals surface area contributed by atoms with Gasteiger partial charge in [-0.15, -0.1) is 0 Å². The van der Waals surface area contributed by atoms with Gasteiger partial charge in [-0.2, -0.15) is 0 Å². The van der Waals surface area contributed by atoms with Crippen LogP contribution in [0.5, 0.6) is 0 Å². The standard InChI is InChI=1S/C11H12N4O/c1-7(8-5-3-2-4-6-8)15-10(13)9(12)14-11(15)16/h2-7,13H,1H3,(H2,12,14,16)/t7-/m0/s1. The molecule has 1 heterocycles. The molecule has 16 heavy (non-hydrogen) atoms. The van der Waals surface area contributed by atoms with Crippen LogP contribution < -0.4 is 5.32 Å². The molecule has 2 rings (SSSR count). The minimum atomic E-state index is -0.411. The van der Waals surface area contributed by atoms with Crippen LogP contribution in [-0.4, -0.2) is 22.6 Å². The molecule has 1 saturated heterocycles. The lowest BCUT2D eigenvalue weighted by Crippen LogP contribution is -2.33. The van der Waals surface area contributed by atoms with Crippen LogP contribution in [0.2, 0.25) is 0 Å². The second kappa shape index (κ2) is 3.77. The van der Waals surface area contributed by atoms with Gasteiger partial charge < -0.3 is 0 Å². The molecule has 0 bridgehead atoms. The summed E-state index contributed by atoms with van der Waals surface area (Å²) >= 11 is 0. The summed E-state index contributed by atoms with van der Waals surface area (Å²) in [7, 11) is 0. The van der Waals surface area contributed by atoms with Gasteiger partial charge in [-0.1, -0.05) is 30.3 Å². The maximum Gasteiger partial charge on any atom is 0.329 e. The van der Waals surface area contributed by atoms with Crippen molar-refractivity contribution >= 4 is 17.7 Å². The highest BCUT2D eigenvalue weighted by Crippen LogP contribution is 2.22. The number of hydrogen-bond acceptors (Lipinski definition) is 3. The van der Waals surface area contributed by atoms with E-state index in [1.807, 2.05) is 37.3 Å². The molecule has 2 amide bonds. The number of nitrogens with zero attached hydrogens (tertiary/aromatic N) is 1. The Balaban J connectivity index is 2.29. The Labute approximate surface area is 93.1 Å². The first-order valence-electron chi connectivity index (χ1n) is 4.94. The molecule has 1 aliphatic rings. The van der Waals surface area contributed by atoms with Gasteiger partial charge >= 0.3 is 6.03 Å². The molecule has 82 valence electrons. The van der Waals surface area contributed by atoms with E-state index in [9.17, 15) is 4.79 Å². The summed E-state index contributed by atoms with van der Waals surface area (Å²) in [6, 6.07) is 8.81. The molecule has 1 aromatic rings. The van der Waals surface area contributed by atoms with E-state index in [4.69, 9.17) is 10.8 Å². The number of hydrogen-bond donors (Lipinski definition) is 3. The Morgan fingerprint density at radius 1 is 1.25 bits per heavy atom. The fourth-order valence-electron chi connectivity index (χ4n) is 1.70. The van der Waals surface area contributed by atoms with Crippen LogP contribution in [0, 0.1) is 10.8 Å². The zero-order chi connectivity index (χ0) is 11.7. The van der Waals surface area contributed by atoms with Gasteiger partial charge in [0.15, 0.2) is 11.7 Å². The van der Waals surface area contributed by atoms with Gasteiger partial charge in [0, 0.05) is 0 Å². The van der Waals surface area contributed by atoms with Crippen molar-refractivity contribution in [2.75, 3.05) is 0 Å². The van der Waals surface area contributed by atoms with Crippen LogP contribution in [0.3, 0.4) is 0 Å². The maximum absolute atomic E-state index is 11.5. The van der Waals surface area contributed by atoms with Crippen LogP contribution in [-0.2, 0) is 0 Å². The van der Waals surface area contributed by atoms with Gasteiger partial charge in [0.25, 0.3) is 0 Å². The van der Waals surface area contributed by atoms with Gasteiger partial charge in [0.1, 0.15) is 0 Å². The van der Waals surface area contributed by atoms with Gasteiger partial charge in [-0.05, 0) is 12.5 Å². The van der Waals surface area contributed by atoms with Gasteiger partial charge in [0.2, 0.25) is 0 Å². The second-order valence-electron chi connectivity index (χ2n) is 3.61. The van der Waals surface area contributed by atoms with Crippen molar-refractivity contribution in [3.63, 3.8) is 0 Å². The largest absolute Gasteiger partial charge is 0.329 e. The van der Waals surface area contributed by atoms with E-state index in [0.29, 0.717) is 0 Å². The van der Waals surface area contributed by atoms with Crippen molar-refractivity contribution in [1.29, 1.82) is 10.8 Å². The average Bonchev–Trinajstić information content (AvgIpc) is 2.54. The van der Waals surface area contributed by atoms with Crippen LogP contribution in [0.1, 0.15) is 18.5 Å². The van der Waals surface area contributed by atoms with Crippen LogP contribution in [0.4, 0.5) is 4.79 Å². The highest BCUT2D eigenvalue weighted by molar-refractivity contribution is 6.47. The van der Waals surface area contributed by atoms with E-state index < -0.39 is 6.03 Å². The molecule has 1 fully saturated rings. The van der Waals surface area contributed by atoms with Gasteiger partial charge in [-0.25, -0.2) is 4.79 Å². The van der Waals surface area contributed by atoms with E-state index in [-0.39, 0.29) is 17.7 Å². The zero-order valence-electron chi connectivity index (χ0n) is 8.82. The van der Waals surface area contributed by atoms with Crippen LogP contribution in [0.15, 0.2) is 30.3 Å². The second-order valence-corrected chi connectivity index (χ2v) is 3.61. The van der Waals surface area contributed by atoms with Crippen molar-refractivity contribution in [3.8, 4) is 0 Å². The minimum Gasteiger partial charge on any atom is -0.289 e. The summed E-state index contributed by atoms with van der Waals surface area (Å²) in [6.45, 7) is 1.84. The first kappa shape index (κ1) is 10.4. The lowest BCUT2D eigenvalue weighted by atomic mass is 10.1. The fraction of sp³-hybridized carbons (Fsp3) is 0.182. The lowest BCUT2D eigenvalue weighted by Gasteiger charge is -2.22. The summed E-state index contributed by atoms with van der Waals surface area (Å²) < 4.78 is 0. The molecule has 5 heteroatoms. The van der Waals surface area contributed by atoms with Gasteiger partial charge in [0.05, 0.1) is 6.04 Å². The van der Waals surface area contributed by atoms with E-state index in [1.165, 1.54) is 4.90 Å². The quantitative estimate of drug-likeness (QED) is 0.691. The predicted molar refractivity (Wildman–Crippen MR) is 60.7 cm³/mol. The van der Waals surface area contributed by atoms with Crippen LogP contribution in [0.25, 0.3) is 0 Å². The maximum atomic E-state index is 11.5. The Kier molecular flexibility index (Phi) is 2.44. The summed E-state index contributed by atoms with van der Waals surface area (Å²) in [4.78, 5) is 12.8. The molecule has 5 nitrogen and oxygen atoms in total. The Morgan fingerprint density at radius 2 is 1.88 bits per heavy atom. The molecule has 3 N–H and O–H groups in total. The number of nitrogens with one attached hydrogen (secondary N) is 3. The Morgan fingerprint density at radius 3 is 2.38 bits per heavy atom. The highest BCUT2D eigenvalue weighted by Gasteiger charge is 2.34. The van der Waals surface area contributed by atoms with Crippen molar-refractivity contribution < 1.29 is 4.79 Å². The third-order valence-corrected chi connectivity index (χ3v) is 2.60. The zero-order valence-corrected chi connectivity index (χ0v) is 8.82. The summed E-state index contributed by atoms with van der Waals surface area (Å²) in [5.74, 6) is -0.228. The molecule has 0 spiro atoms. The molecule has 1 aromatic carbocycles. The van der Waals surface area contributed by atoms with E-state index in [0.717, 1.165) is 5.56 Å². The number of amides is 2. The number of carbonyl (C=O) groups is 1. The predicted octanol–water partition coefficient (Wildman–Crippen LogP) is 1.73. The molecule has 0 unspecified atom stereocenters. The first-order chi connectivity index (χ1) is 7.61. The third-order valence-electron chi connectivity index (χ3n) is 2.60. The number of urea groups is 1. The van der Waals surface area contributed by atoms with Crippen molar-refractivity contribution in [2.24, 2.45) is 0 Å².